The number of carboxylic acid groups (broad SMARTS) is 1. The fourth-order valence-electron chi connectivity index (χ4n) is 1.50. The number of thioether (sulfide) groups is 1. The monoisotopic (exact) mass is 278 g/mol. The van der Waals surface area contributed by atoms with Gasteiger partial charge >= 0.3 is 5.97 Å². The first-order valence-electron chi connectivity index (χ1n) is 5.36. The molecule has 2 rings (SSSR count). The van der Waals surface area contributed by atoms with Crippen LogP contribution in [0, 0.1) is 0 Å². The van der Waals surface area contributed by atoms with Crippen LogP contribution in [0.4, 0.5) is 0 Å². The van der Waals surface area contributed by atoms with E-state index in [1.54, 1.807) is 30.0 Å². The van der Waals surface area contributed by atoms with Crippen LogP contribution in [-0.2, 0) is 5.75 Å². The summed E-state index contributed by atoms with van der Waals surface area (Å²) in [6.45, 7) is 0. The summed E-state index contributed by atoms with van der Waals surface area (Å²) in [6.07, 6.45) is 0. The van der Waals surface area contributed by atoms with Crippen molar-refractivity contribution in [3.05, 3.63) is 64.7 Å². The smallest absolute Gasteiger partial charge is 0.335 e. The van der Waals surface area contributed by atoms with Crippen molar-refractivity contribution in [1.82, 2.24) is 0 Å². The highest BCUT2D eigenvalue weighted by atomic mass is 35.5. The normalized spacial score (nSPS) is 10.3. The van der Waals surface area contributed by atoms with Gasteiger partial charge in [0.05, 0.1) is 5.56 Å². The van der Waals surface area contributed by atoms with Gasteiger partial charge in [-0.3, -0.25) is 0 Å². The zero-order chi connectivity index (χ0) is 13.0. The molecule has 0 bridgehead atoms. The maximum atomic E-state index is 10.9. The molecule has 0 aliphatic carbocycles. The Morgan fingerprint density at radius 3 is 2.67 bits per heavy atom. The average Bonchev–Trinajstić information content (AvgIpc) is 2.38. The van der Waals surface area contributed by atoms with E-state index < -0.39 is 5.97 Å². The quantitative estimate of drug-likeness (QED) is 0.846. The number of hydrogen-bond donors (Lipinski definition) is 1. The van der Waals surface area contributed by atoms with E-state index in [4.69, 9.17) is 16.7 Å². The van der Waals surface area contributed by atoms with Gasteiger partial charge in [-0.2, -0.15) is 0 Å². The van der Waals surface area contributed by atoms with Crippen molar-refractivity contribution in [2.75, 3.05) is 0 Å². The third kappa shape index (κ3) is 3.28. The van der Waals surface area contributed by atoms with Gasteiger partial charge < -0.3 is 5.11 Å². The molecule has 4 heteroatoms. The van der Waals surface area contributed by atoms with Crippen LogP contribution in [0.3, 0.4) is 0 Å². The Bertz CT molecular complexity index is 569. The van der Waals surface area contributed by atoms with Crippen molar-refractivity contribution in [1.29, 1.82) is 0 Å². The van der Waals surface area contributed by atoms with Crippen molar-refractivity contribution >= 4 is 29.3 Å². The molecule has 0 atom stereocenters. The van der Waals surface area contributed by atoms with E-state index in [1.807, 2.05) is 30.3 Å². The fraction of sp³-hybridized carbons (Fsp3) is 0.0714. The third-order valence-corrected chi connectivity index (χ3v) is 3.84. The van der Waals surface area contributed by atoms with Crippen LogP contribution in [-0.4, -0.2) is 11.1 Å². The van der Waals surface area contributed by atoms with Gasteiger partial charge in [0.25, 0.3) is 0 Å². The molecule has 0 aromatic heterocycles. The first kappa shape index (κ1) is 13.0. The van der Waals surface area contributed by atoms with Crippen molar-refractivity contribution in [2.45, 2.75) is 10.6 Å². The summed E-state index contributed by atoms with van der Waals surface area (Å²) in [7, 11) is 0. The van der Waals surface area contributed by atoms with Crippen molar-refractivity contribution in [2.24, 2.45) is 0 Å². The molecule has 2 nitrogen and oxygen atoms in total. The van der Waals surface area contributed by atoms with E-state index in [0.717, 1.165) is 21.2 Å². The summed E-state index contributed by atoms with van der Waals surface area (Å²) in [5.41, 5.74) is 1.35. The molecule has 0 spiro atoms. The van der Waals surface area contributed by atoms with Crippen molar-refractivity contribution < 1.29 is 9.90 Å². The topological polar surface area (TPSA) is 37.3 Å². The maximum Gasteiger partial charge on any atom is 0.335 e. The molecule has 0 saturated carbocycles. The second-order valence-electron chi connectivity index (χ2n) is 3.71. The number of rotatable bonds is 4. The van der Waals surface area contributed by atoms with E-state index in [1.165, 1.54) is 0 Å². The molecule has 2 aromatic rings. The number of aromatic carboxylic acids is 1. The van der Waals surface area contributed by atoms with Crippen LogP contribution in [0.1, 0.15) is 15.9 Å². The lowest BCUT2D eigenvalue weighted by atomic mass is 10.2. The maximum absolute atomic E-state index is 10.9. The average molecular weight is 279 g/mol. The first-order chi connectivity index (χ1) is 8.66. The molecule has 0 unspecified atom stereocenters. The van der Waals surface area contributed by atoms with E-state index in [9.17, 15) is 4.79 Å². The Hall–Kier alpha value is -1.45. The minimum atomic E-state index is -0.907. The lowest BCUT2D eigenvalue weighted by Gasteiger charge is -2.04. The van der Waals surface area contributed by atoms with Crippen LogP contribution in [0.5, 0.6) is 0 Å². The predicted octanol–water partition coefficient (Wildman–Crippen LogP) is 4.33. The number of benzene rings is 2. The highest BCUT2D eigenvalue weighted by molar-refractivity contribution is 7.98. The minimum Gasteiger partial charge on any atom is -0.478 e. The van der Waals surface area contributed by atoms with Gasteiger partial charge in [-0.15, -0.1) is 11.8 Å². The highest BCUT2D eigenvalue weighted by Crippen LogP contribution is 2.27. The summed E-state index contributed by atoms with van der Waals surface area (Å²) in [5.74, 6) is -0.182. The molecule has 0 heterocycles. The highest BCUT2D eigenvalue weighted by Gasteiger charge is 2.04. The third-order valence-electron chi connectivity index (χ3n) is 2.43. The van der Waals surface area contributed by atoms with E-state index >= 15 is 0 Å². The molecule has 0 aliphatic heterocycles. The van der Waals surface area contributed by atoms with Crippen molar-refractivity contribution in [3.63, 3.8) is 0 Å². The standard InChI is InChI=1S/C14H11ClO2S/c15-13-7-2-1-4-11(13)9-18-12-6-3-5-10(8-12)14(16)17/h1-8H,9H2,(H,16,17). The van der Waals surface area contributed by atoms with Crippen LogP contribution in [0.25, 0.3) is 0 Å². The summed E-state index contributed by atoms with van der Waals surface area (Å²) in [4.78, 5) is 11.8. The Balaban J connectivity index is 2.09. The second-order valence-corrected chi connectivity index (χ2v) is 5.17. The first-order valence-corrected chi connectivity index (χ1v) is 6.73. The molecule has 2 aromatic carbocycles. The molecule has 0 radical (unpaired) electrons. The van der Waals surface area contributed by atoms with E-state index in [-0.39, 0.29) is 0 Å². The molecule has 0 fully saturated rings. The largest absolute Gasteiger partial charge is 0.478 e. The summed E-state index contributed by atoms with van der Waals surface area (Å²) in [6, 6.07) is 14.6. The van der Waals surface area contributed by atoms with Gasteiger partial charge in [-0.05, 0) is 29.8 Å². The lowest BCUT2D eigenvalue weighted by molar-refractivity contribution is 0.0696. The minimum absolute atomic E-state index is 0.305. The van der Waals surface area contributed by atoms with E-state index in [0.29, 0.717) is 5.56 Å². The number of halogens is 1. The Morgan fingerprint density at radius 1 is 1.17 bits per heavy atom. The SMILES string of the molecule is O=C(O)c1cccc(SCc2ccccc2Cl)c1. The molecular formula is C14H11ClO2S. The fourth-order valence-corrected chi connectivity index (χ4v) is 2.74. The Labute approximate surface area is 115 Å². The molecule has 0 saturated heterocycles. The van der Waals surface area contributed by atoms with Crippen LogP contribution >= 0.6 is 23.4 Å². The molecular weight excluding hydrogens is 268 g/mol. The lowest BCUT2D eigenvalue weighted by Crippen LogP contribution is -1.95. The molecule has 92 valence electrons. The summed E-state index contributed by atoms with van der Waals surface area (Å²) in [5, 5.41) is 9.64. The number of hydrogen-bond acceptors (Lipinski definition) is 2. The van der Waals surface area contributed by atoms with Crippen LogP contribution in [0.2, 0.25) is 5.02 Å². The zero-order valence-electron chi connectivity index (χ0n) is 9.47. The zero-order valence-corrected chi connectivity index (χ0v) is 11.0. The summed E-state index contributed by atoms with van der Waals surface area (Å²) >= 11 is 7.64. The predicted molar refractivity (Wildman–Crippen MR) is 74.4 cm³/mol. The van der Waals surface area contributed by atoms with Gasteiger partial charge in [-0.1, -0.05) is 35.9 Å². The molecule has 0 amide bonds. The molecule has 18 heavy (non-hydrogen) atoms. The Kier molecular flexibility index (Phi) is 4.28. The molecule has 1 N–H and O–H groups in total. The van der Waals surface area contributed by atoms with Gasteiger partial charge in [0, 0.05) is 15.7 Å². The second kappa shape index (κ2) is 5.94. The van der Waals surface area contributed by atoms with Gasteiger partial charge in [0.1, 0.15) is 0 Å². The van der Waals surface area contributed by atoms with Crippen LogP contribution < -0.4 is 0 Å². The van der Waals surface area contributed by atoms with Gasteiger partial charge in [0.2, 0.25) is 0 Å². The van der Waals surface area contributed by atoms with Crippen molar-refractivity contribution in [3.8, 4) is 0 Å². The Morgan fingerprint density at radius 2 is 1.94 bits per heavy atom. The summed E-state index contributed by atoms with van der Waals surface area (Å²) < 4.78 is 0. The van der Waals surface area contributed by atoms with Gasteiger partial charge in [0.15, 0.2) is 0 Å². The number of carboxylic acids is 1. The molecule has 0 aliphatic rings. The van der Waals surface area contributed by atoms with Gasteiger partial charge in [-0.25, -0.2) is 4.79 Å². The van der Waals surface area contributed by atoms with E-state index in [2.05, 4.69) is 0 Å². The van der Waals surface area contributed by atoms with Crippen LogP contribution in [0.15, 0.2) is 53.4 Å². The number of carbonyl (C=O) groups is 1.